The topological polar surface area (TPSA) is 81.5 Å². The number of carbonyl (C=O) groups excluding carboxylic acids is 1. The fourth-order valence-electron chi connectivity index (χ4n) is 2.49. The van der Waals surface area contributed by atoms with E-state index < -0.39 is 28.3 Å². The number of benzene rings is 3. The first-order chi connectivity index (χ1) is 14.1. The Balaban J connectivity index is 1.84. The van der Waals surface area contributed by atoms with Crippen molar-refractivity contribution < 1.29 is 27.6 Å². The zero-order chi connectivity index (χ0) is 21.9. The van der Waals surface area contributed by atoms with Crippen LogP contribution >= 0.6 is 11.6 Å². The Morgan fingerprint density at radius 3 is 2.20 bits per heavy atom. The van der Waals surface area contributed by atoms with Crippen molar-refractivity contribution in [3.63, 3.8) is 0 Å². The fraction of sp³-hybridized carbons (Fsp3) is 0.0500. The highest BCUT2D eigenvalue weighted by Crippen LogP contribution is 2.40. The van der Waals surface area contributed by atoms with Crippen molar-refractivity contribution in [2.24, 2.45) is 0 Å². The molecule has 0 saturated heterocycles. The van der Waals surface area contributed by atoms with Crippen LogP contribution in [0.1, 0.15) is 15.9 Å². The number of alkyl halides is 3. The van der Waals surface area contributed by atoms with Gasteiger partial charge in [0.25, 0.3) is 11.6 Å². The minimum atomic E-state index is -4.74. The molecule has 154 valence electrons. The van der Waals surface area contributed by atoms with E-state index >= 15 is 0 Å². The summed E-state index contributed by atoms with van der Waals surface area (Å²) >= 11 is 5.75. The van der Waals surface area contributed by atoms with Crippen molar-refractivity contribution in [2.75, 3.05) is 5.32 Å². The van der Waals surface area contributed by atoms with E-state index in [1.165, 1.54) is 42.5 Å². The van der Waals surface area contributed by atoms with Crippen LogP contribution < -0.4 is 10.1 Å². The highest BCUT2D eigenvalue weighted by Gasteiger charge is 2.35. The quantitative estimate of drug-likeness (QED) is 0.375. The zero-order valence-corrected chi connectivity index (χ0v) is 15.7. The van der Waals surface area contributed by atoms with E-state index in [0.717, 1.165) is 24.3 Å². The zero-order valence-electron chi connectivity index (χ0n) is 14.9. The molecule has 3 rings (SSSR count). The summed E-state index contributed by atoms with van der Waals surface area (Å²) in [5, 5.41) is 13.4. The lowest BCUT2D eigenvalue weighted by Crippen LogP contribution is -2.13. The van der Waals surface area contributed by atoms with Crippen LogP contribution in [-0.2, 0) is 6.18 Å². The molecule has 0 aliphatic rings. The Labute approximate surface area is 173 Å². The molecule has 0 atom stereocenters. The second-order valence-corrected chi connectivity index (χ2v) is 6.46. The van der Waals surface area contributed by atoms with Gasteiger partial charge in [-0.05, 0) is 54.6 Å². The molecule has 0 radical (unpaired) electrons. The van der Waals surface area contributed by atoms with Crippen LogP contribution in [0.5, 0.6) is 11.5 Å². The van der Waals surface area contributed by atoms with E-state index in [-0.39, 0.29) is 22.7 Å². The number of non-ortho nitro benzene ring substituents is 1. The number of nitrogens with zero attached hydrogens (tertiary/aromatic N) is 1. The third kappa shape index (κ3) is 5.06. The first-order valence-corrected chi connectivity index (χ1v) is 8.72. The molecule has 6 nitrogen and oxygen atoms in total. The van der Waals surface area contributed by atoms with E-state index in [1.807, 2.05) is 0 Å². The van der Waals surface area contributed by atoms with E-state index in [0.29, 0.717) is 5.02 Å². The monoisotopic (exact) mass is 436 g/mol. The number of nitrogens with one attached hydrogen (secondary N) is 1. The first-order valence-electron chi connectivity index (χ1n) is 8.34. The van der Waals surface area contributed by atoms with Crippen LogP contribution in [0.15, 0.2) is 66.7 Å². The number of ether oxygens (including phenoxy) is 1. The normalized spacial score (nSPS) is 11.1. The molecule has 0 fully saturated rings. The summed E-state index contributed by atoms with van der Waals surface area (Å²) in [6.07, 6.45) is -4.74. The average Bonchev–Trinajstić information content (AvgIpc) is 2.70. The minimum absolute atomic E-state index is 0.0515. The molecule has 0 spiro atoms. The molecule has 3 aromatic carbocycles. The van der Waals surface area contributed by atoms with Crippen molar-refractivity contribution >= 4 is 28.9 Å². The molecule has 30 heavy (non-hydrogen) atoms. The predicted octanol–water partition coefficient (Wildman–Crippen LogP) is 6.31. The lowest BCUT2D eigenvalue weighted by atomic mass is 10.1. The molecule has 0 aliphatic heterocycles. The molecule has 1 N–H and O–H groups in total. The smallest absolute Gasteiger partial charge is 0.420 e. The first kappa shape index (κ1) is 21.1. The molecule has 0 aliphatic carbocycles. The van der Waals surface area contributed by atoms with Gasteiger partial charge in [-0.3, -0.25) is 14.9 Å². The molecule has 3 aromatic rings. The number of rotatable bonds is 5. The average molecular weight is 437 g/mol. The number of amides is 1. The van der Waals surface area contributed by atoms with Gasteiger partial charge in [0.05, 0.1) is 4.92 Å². The Morgan fingerprint density at radius 1 is 1.00 bits per heavy atom. The van der Waals surface area contributed by atoms with Gasteiger partial charge in [0.15, 0.2) is 0 Å². The lowest BCUT2D eigenvalue weighted by molar-refractivity contribution is -0.384. The summed E-state index contributed by atoms with van der Waals surface area (Å²) in [6.45, 7) is 0. The van der Waals surface area contributed by atoms with Crippen LogP contribution in [0.25, 0.3) is 0 Å². The van der Waals surface area contributed by atoms with Gasteiger partial charge in [0.1, 0.15) is 17.1 Å². The molecule has 0 unspecified atom stereocenters. The SMILES string of the molecule is O=C(Nc1ccc(Oc2ccc(Cl)cc2)c(C(F)(F)F)c1)c1ccc([N+](=O)[O-])cc1. The Bertz CT molecular complexity index is 1080. The van der Waals surface area contributed by atoms with Gasteiger partial charge in [-0.2, -0.15) is 13.2 Å². The Hall–Kier alpha value is -3.59. The molecule has 0 bridgehead atoms. The van der Waals surface area contributed by atoms with Gasteiger partial charge >= 0.3 is 6.18 Å². The largest absolute Gasteiger partial charge is 0.457 e. The second kappa shape index (κ2) is 8.42. The summed E-state index contributed by atoms with van der Waals surface area (Å²) < 4.78 is 45.8. The minimum Gasteiger partial charge on any atom is -0.457 e. The number of hydrogen-bond acceptors (Lipinski definition) is 4. The number of anilines is 1. The molecule has 0 aromatic heterocycles. The second-order valence-electron chi connectivity index (χ2n) is 6.02. The molecule has 10 heteroatoms. The van der Waals surface area contributed by atoms with Crippen LogP contribution in [0.2, 0.25) is 5.02 Å². The van der Waals surface area contributed by atoms with Gasteiger partial charge in [-0.1, -0.05) is 11.6 Å². The molecule has 0 heterocycles. The summed E-state index contributed by atoms with van der Waals surface area (Å²) in [5.74, 6) is -1.00. The van der Waals surface area contributed by atoms with Crippen molar-refractivity contribution in [1.82, 2.24) is 0 Å². The molecular formula is C20H12ClF3N2O4. The Morgan fingerprint density at radius 2 is 1.63 bits per heavy atom. The maximum absolute atomic E-state index is 13.5. The highest BCUT2D eigenvalue weighted by molar-refractivity contribution is 6.30. The number of nitro groups is 1. The van der Waals surface area contributed by atoms with Crippen molar-refractivity contribution in [3.05, 3.63) is 93.0 Å². The fourth-order valence-corrected chi connectivity index (χ4v) is 2.61. The van der Waals surface area contributed by atoms with E-state index in [1.54, 1.807) is 0 Å². The standard InChI is InChI=1S/C20H12ClF3N2O4/c21-13-3-8-16(9-4-13)30-18-10-5-14(11-17(18)20(22,23)24)25-19(27)12-1-6-15(7-2-12)26(28)29/h1-11H,(H,25,27). The van der Waals surface area contributed by atoms with Crippen LogP contribution in [-0.4, -0.2) is 10.8 Å². The number of halogens is 4. The molecule has 1 amide bonds. The van der Waals surface area contributed by atoms with E-state index in [4.69, 9.17) is 16.3 Å². The number of carbonyl (C=O) groups is 1. The lowest BCUT2D eigenvalue weighted by Gasteiger charge is -2.15. The van der Waals surface area contributed by atoms with Gasteiger partial charge < -0.3 is 10.1 Å². The van der Waals surface area contributed by atoms with E-state index in [9.17, 15) is 28.1 Å². The predicted molar refractivity (Wildman–Crippen MR) is 104 cm³/mol. The van der Waals surface area contributed by atoms with E-state index in [2.05, 4.69) is 5.32 Å². The van der Waals surface area contributed by atoms with Gasteiger partial charge in [-0.15, -0.1) is 0 Å². The van der Waals surface area contributed by atoms with Gasteiger partial charge in [0.2, 0.25) is 0 Å². The summed E-state index contributed by atoms with van der Waals surface area (Å²) in [7, 11) is 0. The van der Waals surface area contributed by atoms with Crippen molar-refractivity contribution in [1.29, 1.82) is 0 Å². The summed E-state index contributed by atoms with van der Waals surface area (Å²) in [5.41, 5.74) is -1.36. The molecular weight excluding hydrogens is 425 g/mol. The Kier molecular flexibility index (Phi) is 5.93. The van der Waals surface area contributed by atoms with Crippen LogP contribution in [0, 0.1) is 10.1 Å². The summed E-state index contributed by atoms with van der Waals surface area (Å²) in [6, 6.07) is 13.5. The van der Waals surface area contributed by atoms with Gasteiger partial charge in [0, 0.05) is 28.4 Å². The number of hydrogen-bond donors (Lipinski definition) is 1. The maximum Gasteiger partial charge on any atom is 0.420 e. The maximum atomic E-state index is 13.5. The van der Waals surface area contributed by atoms with Gasteiger partial charge in [-0.25, -0.2) is 0 Å². The van der Waals surface area contributed by atoms with Crippen LogP contribution in [0.3, 0.4) is 0 Å². The van der Waals surface area contributed by atoms with Crippen LogP contribution in [0.4, 0.5) is 24.5 Å². The highest BCUT2D eigenvalue weighted by atomic mass is 35.5. The van der Waals surface area contributed by atoms with Crippen molar-refractivity contribution in [2.45, 2.75) is 6.18 Å². The number of nitro benzene ring substituents is 1. The van der Waals surface area contributed by atoms with Crippen molar-refractivity contribution in [3.8, 4) is 11.5 Å². The molecule has 0 saturated carbocycles. The third-order valence-corrected chi connectivity index (χ3v) is 4.18. The third-order valence-electron chi connectivity index (χ3n) is 3.92. The summed E-state index contributed by atoms with van der Waals surface area (Å²) in [4.78, 5) is 22.3.